The molecule has 0 atom stereocenters. The van der Waals surface area contributed by atoms with Gasteiger partial charge in [-0.2, -0.15) is 0 Å². The third kappa shape index (κ3) is 2.35. The Morgan fingerprint density at radius 3 is 2.80 bits per heavy atom. The smallest absolute Gasteiger partial charge is 0.303 e. The first-order valence-corrected chi connectivity index (χ1v) is 6.18. The minimum Gasteiger partial charge on any atom is -0.481 e. The topological polar surface area (TPSA) is 80.4 Å². The summed E-state index contributed by atoms with van der Waals surface area (Å²) in [6.45, 7) is 0. The van der Waals surface area contributed by atoms with Gasteiger partial charge in [0.25, 0.3) is 0 Å². The zero-order valence-electron chi connectivity index (χ0n) is 10.6. The molecule has 0 aromatic carbocycles. The van der Waals surface area contributed by atoms with Gasteiger partial charge in [0.2, 0.25) is 0 Å². The van der Waals surface area contributed by atoms with Gasteiger partial charge in [-0.3, -0.25) is 14.2 Å². The first-order valence-electron chi connectivity index (χ1n) is 6.18. The van der Waals surface area contributed by atoms with E-state index in [1.807, 2.05) is 22.7 Å². The maximum atomic E-state index is 10.6. The predicted molar refractivity (Wildman–Crippen MR) is 72.2 cm³/mol. The molecule has 3 aromatic heterocycles. The summed E-state index contributed by atoms with van der Waals surface area (Å²) in [5.74, 6) is -0.825. The van der Waals surface area contributed by atoms with E-state index in [0.717, 1.165) is 22.5 Å². The predicted octanol–water partition coefficient (Wildman–Crippen LogP) is 1.81. The van der Waals surface area contributed by atoms with Crippen molar-refractivity contribution >= 4 is 11.6 Å². The molecule has 0 unspecified atom stereocenters. The molecule has 0 fully saturated rings. The second-order valence-electron chi connectivity index (χ2n) is 4.40. The van der Waals surface area contributed by atoms with Gasteiger partial charge < -0.3 is 5.11 Å². The number of imidazole rings is 1. The number of rotatable bonds is 4. The van der Waals surface area contributed by atoms with Crippen molar-refractivity contribution in [1.82, 2.24) is 19.4 Å². The van der Waals surface area contributed by atoms with Crippen molar-refractivity contribution in [1.29, 1.82) is 0 Å². The molecule has 0 aliphatic rings. The Bertz CT molecular complexity index is 752. The Morgan fingerprint density at radius 1 is 1.25 bits per heavy atom. The van der Waals surface area contributed by atoms with E-state index in [0.29, 0.717) is 6.42 Å². The van der Waals surface area contributed by atoms with E-state index in [1.54, 1.807) is 24.9 Å². The van der Waals surface area contributed by atoms with Gasteiger partial charge in [-0.15, -0.1) is 0 Å². The molecule has 0 spiro atoms. The molecule has 0 saturated carbocycles. The molecule has 0 saturated heterocycles. The van der Waals surface area contributed by atoms with Gasteiger partial charge in [-0.05, 0) is 17.7 Å². The van der Waals surface area contributed by atoms with E-state index in [2.05, 4.69) is 15.0 Å². The third-order valence-electron chi connectivity index (χ3n) is 3.00. The van der Waals surface area contributed by atoms with Crippen LogP contribution in [0.25, 0.3) is 16.8 Å². The molecule has 100 valence electrons. The maximum absolute atomic E-state index is 10.6. The van der Waals surface area contributed by atoms with Crippen molar-refractivity contribution in [2.24, 2.45) is 0 Å². The minimum absolute atomic E-state index is 0.0713. The van der Waals surface area contributed by atoms with Crippen LogP contribution in [0.2, 0.25) is 0 Å². The van der Waals surface area contributed by atoms with Gasteiger partial charge in [0.15, 0.2) is 0 Å². The molecule has 0 bridgehead atoms. The first kappa shape index (κ1) is 12.3. The highest BCUT2D eigenvalue weighted by Gasteiger charge is 2.09. The van der Waals surface area contributed by atoms with Gasteiger partial charge in [0.1, 0.15) is 12.0 Å². The summed E-state index contributed by atoms with van der Waals surface area (Å²) in [6, 6.07) is 3.78. The zero-order valence-corrected chi connectivity index (χ0v) is 10.6. The third-order valence-corrected chi connectivity index (χ3v) is 3.00. The first-order chi connectivity index (χ1) is 9.74. The second kappa shape index (κ2) is 5.08. The van der Waals surface area contributed by atoms with Crippen molar-refractivity contribution in [3.05, 3.63) is 48.9 Å². The van der Waals surface area contributed by atoms with Crippen LogP contribution in [0.4, 0.5) is 0 Å². The van der Waals surface area contributed by atoms with Gasteiger partial charge in [-0.1, -0.05) is 0 Å². The molecule has 6 nitrogen and oxygen atoms in total. The molecule has 20 heavy (non-hydrogen) atoms. The van der Waals surface area contributed by atoms with Crippen molar-refractivity contribution < 1.29 is 9.90 Å². The van der Waals surface area contributed by atoms with Crippen LogP contribution in [0.15, 0.2) is 43.2 Å². The standard InChI is InChI=1S/C14H12N4O2/c19-13(20)2-1-11-8-18-9-16-7-12(14(18)17-11)10-3-5-15-6-4-10/h3-9H,1-2H2,(H,19,20). The maximum Gasteiger partial charge on any atom is 0.303 e. The fourth-order valence-electron chi connectivity index (χ4n) is 2.06. The molecular formula is C14H12N4O2. The van der Waals surface area contributed by atoms with Crippen LogP contribution >= 0.6 is 0 Å². The molecule has 3 aromatic rings. The van der Waals surface area contributed by atoms with Gasteiger partial charge >= 0.3 is 5.97 Å². The molecule has 6 heteroatoms. The van der Waals surface area contributed by atoms with E-state index in [-0.39, 0.29) is 6.42 Å². The number of aryl methyl sites for hydroxylation is 1. The van der Waals surface area contributed by atoms with Crippen LogP contribution in [-0.2, 0) is 11.2 Å². The fourth-order valence-corrected chi connectivity index (χ4v) is 2.06. The van der Waals surface area contributed by atoms with Crippen molar-refractivity contribution in [2.75, 3.05) is 0 Å². The number of aliphatic carboxylic acids is 1. The number of nitrogens with zero attached hydrogens (tertiary/aromatic N) is 4. The zero-order chi connectivity index (χ0) is 13.9. The number of hydrogen-bond donors (Lipinski definition) is 1. The van der Waals surface area contributed by atoms with Gasteiger partial charge in [-0.25, -0.2) is 9.97 Å². The average Bonchev–Trinajstić information content (AvgIpc) is 2.89. The van der Waals surface area contributed by atoms with Crippen LogP contribution in [-0.4, -0.2) is 30.4 Å². The lowest BCUT2D eigenvalue weighted by atomic mass is 10.1. The molecule has 0 amide bonds. The summed E-state index contributed by atoms with van der Waals surface area (Å²) in [5, 5.41) is 8.73. The summed E-state index contributed by atoms with van der Waals surface area (Å²) < 4.78 is 1.81. The Balaban J connectivity index is 2.04. The van der Waals surface area contributed by atoms with Crippen LogP contribution < -0.4 is 0 Å². The van der Waals surface area contributed by atoms with Crippen LogP contribution in [0.1, 0.15) is 12.1 Å². The quantitative estimate of drug-likeness (QED) is 0.780. The van der Waals surface area contributed by atoms with E-state index < -0.39 is 5.97 Å². The highest BCUT2D eigenvalue weighted by molar-refractivity contribution is 5.76. The summed E-state index contributed by atoms with van der Waals surface area (Å²) in [6.07, 6.45) is 9.14. The molecule has 0 radical (unpaired) electrons. The van der Waals surface area contributed by atoms with Crippen LogP contribution in [0, 0.1) is 0 Å². The van der Waals surface area contributed by atoms with E-state index in [1.165, 1.54) is 0 Å². The summed E-state index contributed by atoms with van der Waals surface area (Å²) in [7, 11) is 0. The normalized spacial score (nSPS) is 10.8. The van der Waals surface area contributed by atoms with Crippen molar-refractivity contribution in [2.45, 2.75) is 12.8 Å². The number of aromatic nitrogens is 4. The summed E-state index contributed by atoms with van der Waals surface area (Å²) >= 11 is 0. The van der Waals surface area contributed by atoms with Crippen molar-refractivity contribution in [3.63, 3.8) is 0 Å². The minimum atomic E-state index is -0.825. The lowest BCUT2D eigenvalue weighted by molar-refractivity contribution is -0.136. The monoisotopic (exact) mass is 268 g/mol. The van der Waals surface area contributed by atoms with Crippen LogP contribution in [0.3, 0.4) is 0 Å². The Hall–Kier alpha value is -2.76. The Morgan fingerprint density at radius 2 is 2.05 bits per heavy atom. The molecule has 3 rings (SSSR count). The van der Waals surface area contributed by atoms with E-state index in [9.17, 15) is 4.79 Å². The van der Waals surface area contributed by atoms with Crippen molar-refractivity contribution in [3.8, 4) is 11.1 Å². The number of carbonyl (C=O) groups is 1. The molecular weight excluding hydrogens is 256 g/mol. The van der Waals surface area contributed by atoms with E-state index in [4.69, 9.17) is 5.11 Å². The highest BCUT2D eigenvalue weighted by Crippen LogP contribution is 2.22. The molecule has 1 N–H and O–H groups in total. The average molecular weight is 268 g/mol. The second-order valence-corrected chi connectivity index (χ2v) is 4.40. The van der Waals surface area contributed by atoms with Crippen LogP contribution in [0.5, 0.6) is 0 Å². The number of carboxylic acids is 1. The number of hydrogen-bond acceptors (Lipinski definition) is 4. The Kier molecular flexibility index (Phi) is 3.12. The summed E-state index contributed by atoms with van der Waals surface area (Å²) in [4.78, 5) is 23.3. The lowest BCUT2D eigenvalue weighted by Gasteiger charge is -2.01. The number of fused-ring (bicyclic) bond motifs is 1. The molecule has 0 aliphatic carbocycles. The number of pyridine rings is 1. The van der Waals surface area contributed by atoms with Gasteiger partial charge in [0.05, 0.1) is 12.1 Å². The largest absolute Gasteiger partial charge is 0.481 e. The van der Waals surface area contributed by atoms with Gasteiger partial charge in [0, 0.05) is 36.8 Å². The molecule has 3 heterocycles. The number of carboxylic acid groups (broad SMARTS) is 1. The highest BCUT2D eigenvalue weighted by atomic mass is 16.4. The Labute approximate surface area is 114 Å². The lowest BCUT2D eigenvalue weighted by Crippen LogP contribution is -1.97. The molecule has 0 aliphatic heterocycles. The SMILES string of the molecule is O=C(O)CCc1cn2cncc(-c3ccncc3)c2n1. The fraction of sp³-hybridized carbons (Fsp3) is 0.143. The summed E-state index contributed by atoms with van der Waals surface area (Å²) in [5.41, 5.74) is 3.40. The van der Waals surface area contributed by atoms with E-state index >= 15 is 0 Å².